The molecule has 94 valence electrons. The zero-order valence-corrected chi connectivity index (χ0v) is 10.5. The first kappa shape index (κ1) is 12.3. The van der Waals surface area contributed by atoms with E-state index in [1.165, 1.54) is 0 Å². The molecule has 1 aromatic carbocycles. The predicted octanol–water partition coefficient (Wildman–Crippen LogP) is 1.19. The van der Waals surface area contributed by atoms with Gasteiger partial charge in [-0.2, -0.15) is 0 Å². The molecule has 0 aromatic heterocycles. The minimum atomic E-state index is -3.51. The lowest BCUT2D eigenvalue weighted by Gasteiger charge is -2.38. The van der Waals surface area contributed by atoms with Gasteiger partial charge >= 0.3 is 0 Å². The summed E-state index contributed by atoms with van der Waals surface area (Å²) in [6, 6.07) is 6.59. The molecule has 1 fully saturated rings. The number of hydrazine groups is 1. The maximum atomic E-state index is 12.2. The average Bonchev–Trinajstić information content (AvgIpc) is 2.26. The van der Waals surface area contributed by atoms with Gasteiger partial charge in [0.05, 0.1) is 5.69 Å². The van der Waals surface area contributed by atoms with Gasteiger partial charge < -0.3 is 5.43 Å². The summed E-state index contributed by atoms with van der Waals surface area (Å²) >= 11 is 0. The molecular formula is C11H17N3O2S. The van der Waals surface area contributed by atoms with E-state index >= 15 is 0 Å². The lowest BCUT2D eigenvalue weighted by molar-refractivity contribution is 0.248. The second-order valence-corrected chi connectivity index (χ2v) is 6.31. The highest BCUT2D eigenvalue weighted by Gasteiger charge is 2.36. The largest absolute Gasteiger partial charge is 0.323 e. The summed E-state index contributed by atoms with van der Waals surface area (Å²) in [7, 11) is -3.51. The van der Waals surface area contributed by atoms with Crippen LogP contribution in [0.4, 0.5) is 5.69 Å². The molecule has 0 bridgehead atoms. The van der Waals surface area contributed by atoms with Crippen LogP contribution >= 0.6 is 0 Å². The molecule has 1 aliphatic rings. The standard InChI is InChI=1S/C11H17N3O2S/c1-11(7-4-8-11)14-17(15,16)10-6-3-2-5-9(10)13-12/h2-3,5-6,13-14H,4,7-8,12H2,1H3. The monoisotopic (exact) mass is 255 g/mol. The second kappa shape index (κ2) is 4.29. The SMILES string of the molecule is CC1(NS(=O)(=O)c2ccccc2NN)CCC1. The van der Waals surface area contributed by atoms with E-state index in [-0.39, 0.29) is 10.4 Å². The molecule has 0 spiro atoms. The van der Waals surface area contributed by atoms with Crippen molar-refractivity contribution < 1.29 is 8.42 Å². The summed E-state index contributed by atoms with van der Waals surface area (Å²) in [5, 5.41) is 0. The quantitative estimate of drug-likeness (QED) is 0.557. The third-order valence-electron chi connectivity index (χ3n) is 3.17. The molecule has 1 saturated carbocycles. The molecule has 4 N–H and O–H groups in total. The first-order valence-corrected chi connectivity index (χ1v) is 7.05. The summed E-state index contributed by atoms with van der Waals surface area (Å²) < 4.78 is 27.2. The van der Waals surface area contributed by atoms with Crippen molar-refractivity contribution in [3.05, 3.63) is 24.3 Å². The van der Waals surface area contributed by atoms with E-state index in [0.29, 0.717) is 5.69 Å². The van der Waals surface area contributed by atoms with Crippen molar-refractivity contribution in [2.45, 2.75) is 36.6 Å². The van der Waals surface area contributed by atoms with Crippen LogP contribution in [0.1, 0.15) is 26.2 Å². The van der Waals surface area contributed by atoms with Crippen LogP contribution < -0.4 is 16.0 Å². The molecule has 5 nitrogen and oxygen atoms in total. The van der Waals surface area contributed by atoms with E-state index in [1.54, 1.807) is 24.3 Å². The lowest BCUT2D eigenvalue weighted by atomic mass is 9.80. The third-order valence-corrected chi connectivity index (χ3v) is 4.87. The molecule has 1 aliphatic carbocycles. The fourth-order valence-electron chi connectivity index (χ4n) is 2.01. The lowest BCUT2D eigenvalue weighted by Crippen LogP contribution is -2.50. The Balaban J connectivity index is 2.31. The van der Waals surface area contributed by atoms with Crippen LogP contribution in [0.2, 0.25) is 0 Å². The number of para-hydroxylation sites is 1. The average molecular weight is 255 g/mol. The Kier molecular flexibility index (Phi) is 3.11. The molecule has 1 aromatic rings. The Hall–Kier alpha value is -1.11. The van der Waals surface area contributed by atoms with Gasteiger partial charge in [-0.3, -0.25) is 5.84 Å². The van der Waals surface area contributed by atoms with Gasteiger partial charge in [0.25, 0.3) is 0 Å². The maximum Gasteiger partial charge on any atom is 0.243 e. The molecule has 0 amide bonds. The molecule has 0 saturated heterocycles. The molecule has 0 radical (unpaired) electrons. The zero-order chi connectivity index (χ0) is 12.5. The summed E-state index contributed by atoms with van der Waals surface area (Å²) in [4.78, 5) is 0.190. The van der Waals surface area contributed by atoms with E-state index in [9.17, 15) is 8.42 Å². The summed E-state index contributed by atoms with van der Waals surface area (Å²) in [6.45, 7) is 1.92. The number of nitrogens with two attached hydrogens (primary N) is 1. The third kappa shape index (κ3) is 2.43. The van der Waals surface area contributed by atoms with Crippen LogP contribution in [-0.2, 0) is 10.0 Å². The van der Waals surface area contributed by atoms with Gasteiger partial charge in [0.2, 0.25) is 10.0 Å². The Bertz CT molecular complexity index is 509. The Labute approximate surface area is 101 Å². The molecule has 0 aliphatic heterocycles. The van der Waals surface area contributed by atoms with Crippen LogP contribution in [0.3, 0.4) is 0 Å². The van der Waals surface area contributed by atoms with Gasteiger partial charge in [-0.05, 0) is 38.3 Å². The van der Waals surface area contributed by atoms with Crippen molar-refractivity contribution in [1.82, 2.24) is 4.72 Å². The minimum Gasteiger partial charge on any atom is -0.323 e. The van der Waals surface area contributed by atoms with Crippen LogP contribution in [0.15, 0.2) is 29.2 Å². The summed E-state index contributed by atoms with van der Waals surface area (Å²) in [6.07, 6.45) is 2.82. The van der Waals surface area contributed by atoms with E-state index in [4.69, 9.17) is 5.84 Å². The smallest absolute Gasteiger partial charge is 0.243 e. The molecule has 0 unspecified atom stereocenters. The number of hydrogen-bond donors (Lipinski definition) is 3. The normalized spacial score (nSPS) is 18.5. The zero-order valence-electron chi connectivity index (χ0n) is 9.73. The van der Waals surface area contributed by atoms with E-state index in [2.05, 4.69) is 10.1 Å². The van der Waals surface area contributed by atoms with Crippen LogP contribution in [0.25, 0.3) is 0 Å². The van der Waals surface area contributed by atoms with Crippen LogP contribution in [-0.4, -0.2) is 14.0 Å². The Morgan fingerprint density at radius 1 is 1.29 bits per heavy atom. The van der Waals surface area contributed by atoms with Gasteiger partial charge in [0, 0.05) is 5.54 Å². The summed E-state index contributed by atoms with van der Waals surface area (Å²) in [5.41, 5.74) is 2.50. The molecule has 0 heterocycles. The first-order chi connectivity index (χ1) is 7.97. The van der Waals surface area contributed by atoms with E-state index in [0.717, 1.165) is 19.3 Å². The molecule has 6 heteroatoms. The van der Waals surface area contributed by atoms with E-state index in [1.807, 2.05) is 6.92 Å². The fraction of sp³-hybridized carbons (Fsp3) is 0.455. The minimum absolute atomic E-state index is 0.190. The van der Waals surface area contributed by atoms with Crippen molar-refractivity contribution in [2.24, 2.45) is 5.84 Å². The number of hydrogen-bond acceptors (Lipinski definition) is 4. The van der Waals surface area contributed by atoms with Crippen molar-refractivity contribution in [1.29, 1.82) is 0 Å². The highest BCUT2D eigenvalue weighted by Crippen LogP contribution is 2.33. The Morgan fingerprint density at radius 3 is 2.47 bits per heavy atom. The van der Waals surface area contributed by atoms with E-state index < -0.39 is 10.0 Å². The molecule has 2 rings (SSSR count). The van der Waals surface area contributed by atoms with Crippen molar-refractivity contribution in [2.75, 3.05) is 5.43 Å². The number of nitrogen functional groups attached to an aromatic ring is 1. The van der Waals surface area contributed by atoms with Crippen molar-refractivity contribution in [3.63, 3.8) is 0 Å². The van der Waals surface area contributed by atoms with Gasteiger partial charge in [-0.15, -0.1) is 0 Å². The van der Waals surface area contributed by atoms with Crippen LogP contribution in [0.5, 0.6) is 0 Å². The summed E-state index contributed by atoms with van der Waals surface area (Å²) in [5.74, 6) is 5.32. The highest BCUT2D eigenvalue weighted by molar-refractivity contribution is 7.89. The van der Waals surface area contributed by atoms with Crippen molar-refractivity contribution >= 4 is 15.7 Å². The topological polar surface area (TPSA) is 84.2 Å². The number of benzene rings is 1. The number of rotatable bonds is 4. The van der Waals surface area contributed by atoms with Gasteiger partial charge in [0.1, 0.15) is 4.90 Å². The van der Waals surface area contributed by atoms with Gasteiger partial charge in [-0.25, -0.2) is 13.1 Å². The van der Waals surface area contributed by atoms with Crippen molar-refractivity contribution in [3.8, 4) is 0 Å². The number of anilines is 1. The highest BCUT2D eigenvalue weighted by atomic mass is 32.2. The fourth-order valence-corrected chi connectivity index (χ4v) is 3.65. The number of sulfonamides is 1. The molecule has 17 heavy (non-hydrogen) atoms. The predicted molar refractivity (Wildman–Crippen MR) is 66.8 cm³/mol. The number of nitrogens with one attached hydrogen (secondary N) is 2. The maximum absolute atomic E-state index is 12.2. The van der Waals surface area contributed by atoms with Gasteiger partial charge in [-0.1, -0.05) is 12.1 Å². The second-order valence-electron chi connectivity index (χ2n) is 4.66. The van der Waals surface area contributed by atoms with Crippen LogP contribution in [0, 0.1) is 0 Å². The molecular weight excluding hydrogens is 238 g/mol. The van der Waals surface area contributed by atoms with Gasteiger partial charge in [0.15, 0.2) is 0 Å². The Morgan fingerprint density at radius 2 is 1.94 bits per heavy atom. The molecule has 0 atom stereocenters. The first-order valence-electron chi connectivity index (χ1n) is 5.56.